The van der Waals surface area contributed by atoms with Gasteiger partial charge in [-0.3, -0.25) is 10.00 Å². The average Bonchev–Trinajstić information content (AvgIpc) is 3.11. The summed E-state index contributed by atoms with van der Waals surface area (Å²) in [4.78, 5) is 4.55. The molecule has 0 amide bonds. The van der Waals surface area contributed by atoms with Gasteiger partial charge in [-0.25, -0.2) is 0 Å². The molecule has 2 aliphatic rings. The number of hydrogen-bond acceptors (Lipinski definition) is 5. The van der Waals surface area contributed by atoms with Gasteiger partial charge in [-0.2, -0.15) is 10.1 Å². The zero-order valence-electron chi connectivity index (χ0n) is 13.2. The van der Waals surface area contributed by atoms with Crippen LogP contribution in [0.3, 0.4) is 0 Å². The third-order valence-corrected chi connectivity index (χ3v) is 4.78. The van der Waals surface area contributed by atoms with Crippen molar-refractivity contribution in [3.8, 4) is 0 Å². The molecule has 0 spiro atoms. The maximum Gasteiger partial charge on any atom is 0.243 e. The molecule has 0 aliphatic heterocycles. The fraction of sp³-hybridized carbons (Fsp3) is 0.688. The third-order valence-electron chi connectivity index (χ3n) is 4.78. The summed E-state index contributed by atoms with van der Waals surface area (Å²) in [5, 5.41) is 12.3. The minimum absolute atomic E-state index is 0.0703. The Balaban J connectivity index is 1.49. The zero-order valence-corrected chi connectivity index (χ0v) is 13.2. The van der Waals surface area contributed by atoms with Gasteiger partial charge < -0.3 is 4.52 Å². The van der Waals surface area contributed by atoms with E-state index in [0.29, 0.717) is 17.9 Å². The molecule has 1 fully saturated rings. The summed E-state index contributed by atoms with van der Waals surface area (Å²) in [6.45, 7) is 5.18. The summed E-state index contributed by atoms with van der Waals surface area (Å²) in [5.41, 5.74) is 2.71. The molecule has 0 bridgehead atoms. The van der Waals surface area contributed by atoms with Crippen LogP contribution in [-0.4, -0.2) is 19.9 Å². The number of nitrogens with zero attached hydrogens (tertiary/aromatic N) is 4. The number of aromatic nitrogens is 4. The minimum atomic E-state index is 0.0703. The maximum absolute atomic E-state index is 5.44. The highest BCUT2D eigenvalue weighted by atomic mass is 16.5. The monoisotopic (exact) mass is 301 g/mol. The molecule has 118 valence electrons. The first-order valence-corrected chi connectivity index (χ1v) is 8.40. The molecule has 22 heavy (non-hydrogen) atoms. The van der Waals surface area contributed by atoms with Crippen LogP contribution in [0.15, 0.2) is 10.7 Å². The summed E-state index contributed by atoms with van der Waals surface area (Å²) >= 11 is 0. The molecule has 0 unspecified atom stereocenters. The quantitative estimate of drug-likeness (QED) is 0.919. The molecule has 0 radical (unpaired) electrons. The van der Waals surface area contributed by atoms with Crippen LogP contribution in [0.25, 0.3) is 0 Å². The van der Waals surface area contributed by atoms with Gasteiger partial charge in [0.1, 0.15) is 0 Å². The van der Waals surface area contributed by atoms with E-state index >= 15 is 0 Å². The van der Waals surface area contributed by atoms with Gasteiger partial charge in [-0.1, -0.05) is 5.16 Å². The Morgan fingerprint density at radius 1 is 1.41 bits per heavy atom. The number of hydrogen-bond donors (Lipinski definition) is 1. The molecule has 6 nitrogen and oxygen atoms in total. The zero-order chi connectivity index (χ0) is 15.1. The van der Waals surface area contributed by atoms with Gasteiger partial charge >= 0.3 is 0 Å². The maximum atomic E-state index is 5.44. The van der Waals surface area contributed by atoms with Crippen LogP contribution in [0.5, 0.6) is 0 Å². The Morgan fingerprint density at radius 3 is 3.05 bits per heavy atom. The Bertz CT molecular complexity index is 657. The molecule has 1 saturated carbocycles. The number of aryl methyl sites for hydroxylation is 1. The second-order valence-corrected chi connectivity index (χ2v) is 6.46. The SMILES string of the molecule is CCn1ncc2c1CCC[C@@H]2N[C@H](C)c1nc(C2CC2)no1. The Labute approximate surface area is 130 Å². The van der Waals surface area contributed by atoms with Crippen LogP contribution in [0, 0.1) is 0 Å². The summed E-state index contributed by atoms with van der Waals surface area (Å²) < 4.78 is 7.56. The van der Waals surface area contributed by atoms with Crippen molar-refractivity contribution in [2.24, 2.45) is 0 Å². The van der Waals surface area contributed by atoms with E-state index in [2.05, 4.69) is 39.1 Å². The van der Waals surface area contributed by atoms with Crippen LogP contribution in [-0.2, 0) is 13.0 Å². The first-order valence-electron chi connectivity index (χ1n) is 8.40. The second kappa shape index (κ2) is 5.50. The van der Waals surface area contributed by atoms with Crippen molar-refractivity contribution in [3.63, 3.8) is 0 Å². The number of fused-ring (bicyclic) bond motifs is 1. The minimum Gasteiger partial charge on any atom is -0.338 e. The van der Waals surface area contributed by atoms with Crippen LogP contribution in [0.4, 0.5) is 0 Å². The van der Waals surface area contributed by atoms with Gasteiger partial charge in [0.15, 0.2) is 5.82 Å². The summed E-state index contributed by atoms with van der Waals surface area (Å²) in [7, 11) is 0. The molecule has 4 rings (SSSR count). The van der Waals surface area contributed by atoms with Crippen molar-refractivity contribution < 1.29 is 4.52 Å². The molecule has 2 aromatic rings. The fourth-order valence-corrected chi connectivity index (χ4v) is 3.37. The van der Waals surface area contributed by atoms with Crippen molar-refractivity contribution in [3.05, 3.63) is 29.2 Å². The van der Waals surface area contributed by atoms with E-state index < -0.39 is 0 Å². The first kappa shape index (κ1) is 13.9. The van der Waals surface area contributed by atoms with Crippen LogP contribution in [0.1, 0.15) is 80.5 Å². The highest BCUT2D eigenvalue weighted by Gasteiger charge is 2.31. The molecule has 2 aromatic heterocycles. The van der Waals surface area contributed by atoms with E-state index in [0.717, 1.165) is 25.2 Å². The fourth-order valence-electron chi connectivity index (χ4n) is 3.37. The second-order valence-electron chi connectivity index (χ2n) is 6.46. The normalized spacial score (nSPS) is 22.5. The lowest BCUT2D eigenvalue weighted by atomic mass is 9.92. The van der Waals surface area contributed by atoms with Gasteiger partial charge in [0.25, 0.3) is 0 Å². The molecular weight excluding hydrogens is 278 g/mol. The van der Waals surface area contributed by atoms with E-state index in [1.54, 1.807) is 0 Å². The third kappa shape index (κ3) is 2.45. The molecule has 2 aliphatic carbocycles. The van der Waals surface area contributed by atoms with E-state index in [1.165, 1.54) is 30.5 Å². The molecule has 1 N–H and O–H groups in total. The molecule has 2 atom stereocenters. The molecule has 2 heterocycles. The number of nitrogens with one attached hydrogen (secondary N) is 1. The van der Waals surface area contributed by atoms with Crippen molar-refractivity contribution in [2.45, 2.75) is 70.5 Å². The average molecular weight is 301 g/mol. The van der Waals surface area contributed by atoms with E-state index in [9.17, 15) is 0 Å². The molecule has 0 aromatic carbocycles. The molecule has 6 heteroatoms. The van der Waals surface area contributed by atoms with Gasteiger partial charge in [0.05, 0.1) is 12.2 Å². The van der Waals surface area contributed by atoms with Crippen LogP contribution < -0.4 is 5.32 Å². The van der Waals surface area contributed by atoms with Crippen molar-refractivity contribution >= 4 is 0 Å². The lowest BCUT2D eigenvalue weighted by Gasteiger charge is -2.26. The topological polar surface area (TPSA) is 68.8 Å². The predicted molar refractivity (Wildman–Crippen MR) is 81.4 cm³/mol. The van der Waals surface area contributed by atoms with E-state index in [-0.39, 0.29) is 6.04 Å². The Kier molecular flexibility index (Phi) is 3.48. The highest BCUT2D eigenvalue weighted by molar-refractivity contribution is 5.25. The van der Waals surface area contributed by atoms with E-state index in [1.807, 2.05) is 6.20 Å². The van der Waals surface area contributed by atoms with Crippen LogP contribution >= 0.6 is 0 Å². The Hall–Kier alpha value is -1.69. The van der Waals surface area contributed by atoms with Crippen molar-refractivity contribution in [2.75, 3.05) is 0 Å². The van der Waals surface area contributed by atoms with Crippen molar-refractivity contribution in [1.82, 2.24) is 25.2 Å². The Morgan fingerprint density at radius 2 is 2.27 bits per heavy atom. The standard InChI is InChI=1S/C16H23N5O/c1-3-21-14-6-4-5-13(12(14)9-17-21)18-10(2)16-19-15(20-22-16)11-7-8-11/h9-11,13,18H,3-8H2,1-2H3/t10-,13+/m1/s1. The van der Waals surface area contributed by atoms with Crippen LogP contribution in [0.2, 0.25) is 0 Å². The van der Waals surface area contributed by atoms with Gasteiger partial charge in [0, 0.05) is 29.8 Å². The van der Waals surface area contributed by atoms with Gasteiger partial charge in [0.2, 0.25) is 5.89 Å². The predicted octanol–water partition coefficient (Wildman–Crippen LogP) is 2.89. The van der Waals surface area contributed by atoms with Gasteiger partial charge in [-0.15, -0.1) is 0 Å². The lowest BCUT2D eigenvalue weighted by molar-refractivity contribution is 0.311. The smallest absolute Gasteiger partial charge is 0.243 e. The highest BCUT2D eigenvalue weighted by Crippen LogP contribution is 2.38. The largest absolute Gasteiger partial charge is 0.338 e. The summed E-state index contributed by atoms with van der Waals surface area (Å²) in [6, 6.07) is 0.399. The van der Waals surface area contributed by atoms with E-state index in [4.69, 9.17) is 4.52 Å². The first-order chi connectivity index (χ1) is 10.8. The summed E-state index contributed by atoms with van der Waals surface area (Å²) in [6.07, 6.45) is 7.87. The van der Waals surface area contributed by atoms with Gasteiger partial charge in [-0.05, 0) is 46.0 Å². The lowest BCUT2D eigenvalue weighted by Crippen LogP contribution is -2.28. The molecule has 0 saturated heterocycles. The molecular formula is C16H23N5O. The number of rotatable bonds is 5. The van der Waals surface area contributed by atoms with Crippen molar-refractivity contribution in [1.29, 1.82) is 0 Å². The summed E-state index contributed by atoms with van der Waals surface area (Å²) in [5.74, 6) is 2.12.